The van der Waals surface area contributed by atoms with Gasteiger partial charge in [0.25, 0.3) is 0 Å². The third kappa shape index (κ3) is 2.05. The smallest absolute Gasteiger partial charge is 0.202 e. The third-order valence-corrected chi connectivity index (χ3v) is 2.51. The summed E-state index contributed by atoms with van der Waals surface area (Å²) in [4.78, 5) is 8.30. The minimum absolute atomic E-state index is 0.696. The van der Waals surface area contributed by atoms with Gasteiger partial charge in [-0.15, -0.1) is 0 Å². The van der Waals surface area contributed by atoms with E-state index >= 15 is 0 Å². The summed E-state index contributed by atoms with van der Waals surface area (Å²) in [6.07, 6.45) is 3.34. The number of nitrogens with one attached hydrogen (secondary N) is 1. The van der Waals surface area contributed by atoms with Gasteiger partial charge in [-0.1, -0.05) is 6.07 Å². The van der Waals surface area contributed by atoms with Crippen LogP contribution >= 0.6 is 11.5 Å². The van der Waals surface area contributed by atoms with Crippen LogP contribution in [0.15, 0.2) is 24.7 Å². The molecule has 0 bridgehead atoms. The monoisotopic (exact) mass is 206 g/mol. The molecule has 0 saturated heterocycles. The molecule has 0 atom stereocenters. The first-order chi connectivity index (χ1) is 6.86. The highest BCUT2D eigenvalue weighted by Gasteiger charge is 1.99. The number of anilines is 1. The molecule has 0 spiro atoms. The second-order valence-electron chi connectivity index (χ2n) is 2.87. The van der Waals surface area contributed by atoms with Crippen molar-refractivity contribution < 1.29 is 0 Å². The van der Waals surface area contributed by atoms with Gasteiger partial charge in [0.2, 0.25) is 5.13 Å². The van der Waals surface area contributed by atoms with Gasteiger partial charge in [0, 0.05) is 17.7 Å². The molecule has 0 amide bonds. The van der Waals surface area contributed by atoms with E-state index in [-0.39, 0.29) is 0 Å². The number of nitrogens with zero attached hydrogens (tertiary/aromatic N) is 3. The van der Waals surface area contributed by atoms with E-state index in [1.807, 2.05) is 19.1 Å². The van der Waals surface area contributed by atoms with Crippen molar-refractivity contribution in [3.05, 3.63) is 35.9 Å². The SMILES string of the molecule is Cc1cccnc1CNc1ncns1. The molecule has 2 rings (SSSR count). The highest BCUT2D eigenvalue weighted by atomic mass is 32.1. The van der Waals surface area contributed by atoms with Crippen molar-refractivity contribution >= 4 is 16.7 Å². The van der Waals surface area contributed by atoms with E-state index < -0.39 is 0 Å². The standard InChI is InChI=1S/C9H10N4S/c1-7-3-2-4-10-8(7)5-11-9-12-6-13-14-9/h2-4,6H,5H2,1H3,(H,11,12,13). The van der Waals surface area contributed by atoms with E-state index in [1.54, 1.807) is 6.20 Å². The molecule has 0 radical (unpaired) electrons. The summed E-state index contributed by atoms with van der Waals surface area (Å²) in [5, 5.41) is 3.99. The molecule has 0 saturated carbocycles. The average molecular weight is 206 g/mol. The Balaban J connectivity index is 2.02. The Kier molecular flexibility index (Phi) is 2.69. The Labute approximate surface area is 86.2 Å². The lowest BCUT2D eigenvalue weighted by Gasteiger charge is -2.03. The zero-order valence-electron chi connectivity index (χ0n) is 7.77. The molecule has 0 aliphatic rings. The second-order valence-corrected chi connectivity index (χ2v) is 3.65. The summed E-state index contributed by atoms with van der Waals surface area (Å²) in [7, 11) is 0. The zero-order chi connectivity index (χ0) is 9.80. The van der Waals surface area contributed by atoms with Gasteiger partial charge in [-0.3, -0.25) is 4.98 Å². The molecule has 0 fully saturated rings. The van der Waals surface area contributed by atoms with Crippen molar-refractivity contribution in [3.63, 3.8) is 0 Å². The number of rotatable bonds is 3. The minimum atomic E-state index is 0.696. The molecule has 4 nitrogen and oxygen atoms in total. The number of hydrogen-bond donors (Lipinski definition) is 1. The van der Waals surface area contributed by atoms with Crippen molar-refractivity contribution in [1.82, 2.24) is 14.3 Å². The van der Waals surface area contributed by atoms with Gasteiger partial charge in [-0.2, -0.15) is 4.37 Å². The van der Waals surface area contributed by atoms with Crippen LogP contribution < -0.4 is 5.32 Å². The lowest BCUT2D eigenvalue weighted by atomic mass is 10.2. The van der Waals surface area contributed by atoms with Crippen molar-refractivity contribution in [2.45, 2.75) is 13.5 Å². The summed E-state index contributed by atoms with van der Waals surface area (Å²) in [6, 6.07) is 3.98. The molecule has 0 aliphatic carbocycles. The quantitative estimate of drug-likeness (QED) is 0.832. The van der Waals surface area contributed by atoms with Gasteiger partial charge < -0.3 is 5.32 Å². The molecule has 1 N–H and O–H groups in total. The first-order valence-electron chi connectivity index (χ1n) is 4.27. The van der Waals surface area contributed by atoms with E-state index in [1.165, 1.54) is 23.4 Å². The number of aryl methyl sites for hydroxylation is 1. The maximum absolute atomic E-state index is 4.27. The molecule has 2 aromatic heterocycles. The number of pyridine rings is 1. The van der Waals surface area contributed by atoms with Crippen molar-refractivity contribution in [2.75, 3.05) is 5.32 Å². The molecular weight excluding hydrogens is 196 g/mol. The van der Waals surface area contributed by atoms with Crippen LogP contribution in [0.3, 0.4) is 0 Å². The molecule has 5 heteroatoms. The van der Waals surface area contributed by atoms with Crippen LogP contribution in [0, 0.1) is 6.92 Å². The normalized spacial score (nSPS) is 10.1. The molecule has 0 aromatic carbocycles. The summed E-state index contributed by atoms with van der Waals surface area (Å²) < 4.78 is 3.90. The lowest BCUT2D eigenvalue weighted by Crippen LogP contribution is -2.02. The van der Waals surface area contributed by atoms with Crippen LogP contribution in [0.1, 0.15) is 11.3 Å². The predicted molar refractivity (Wildman–Crippen MR) is 56.2 cm³/mol. The molecule has 0 unspecified atom stereocenters. The van der Waals surface area contributed by atoms with Crippen LogP contribution in [0.4, 0.5) is 5.13 Å². The molecule has 0 aliphatic heterocycles. The molecule has 72 valence electrons. The van der Waals surface area contributed by atoms with Gasteiger partial charge in [0.05, 0.1) is 12.2 Å². The van der Waals surface area contributed by atoms with E-state index in [9.17, 15) is 0 Å². The maximum atomic E-state index is 4.27. The number of hydrogen-bond acceptors (Lipinski definition) is 5. The second kappa shape index (κ2) is 4.15. The van der Waals surface area contributed by atoms with Gasteiger partial charge in [-0.05, 0) is 18.6 Å². The fourth-order valence-electron chi connectivity index (χ4n) is 1.11. The predicted octanol–water partition coefficient (Wildman–Crippen LogP) is 1.85. The van der Waals surface area contributed by atoms with Crippen LogP contribution in [0.5, 0.6) is 0 Å². The zero-order valence-corrected chi connectivity index (χ0v) is 8.58. The van der Waals surface area contributed by atoms with E-state index in [0.717, 1.165) is 10.8 Å². The van der Waals surface area contributed by atoms with Crippen LogP contribution in [0.25, 0.3) is 0 Å². The molecule has 2 heterocycles. The van der Waals surface area contributed by atoms with Crippen LogP contribution in [-0.2, 0) is 6.54 Å². The Morgan fingerprint density at radius 3 is 3.07 bits per heavy atom. The highest BCUT2D eigenvalue weighted by molar-refractivity contribution is 7.09. The molecule has 2 aromatic rings. The Morgan fingerprint density at radius 1 is 1.43 bits per heavy atom. The van der Waals surface area contributed by atoms with Gasteiger partial charge in [0.15, 0.2) is 0 Å². The Morgan fingerprint density at radius 2 is 2.36 bits per heavy atom. The van der Waals surface area contributed by atoms with Crippen molar-refractivity contribution in [2.24, 2.45) is 0 Å². The Bertz CT molecular complexity index is 399. The first-order valence-corrected chi connectivity index (χ1v) is 5.04. The fraction of sp³-hybridized carbons (Fsp3) is 0.222. The molecule has 14 heavy (non-hydrogen) atoms. The molecular formula is C9H10N4S. The van der Waals surface area contributed by atoms with Crippen LogP contribution in [0.2, 0.25) is 0 Å². The van der Waals surface area contributed by atoms with Gasteiger partial charge in [-0.25, -0.2) is 4.98 Å². The lowest BCUT2D eigenvalue weighted by molar-refractivity contribution is 1.01. The Hall–Kier alpha value is -1.49. The average Bonchev–Trinajstić information content (AvgIpc) is 2.69. The number of aromatic nitrogens is 3. The summed E-state index contributed by atoms with van der Waals surface area (Å²) in [5.41, 5.74) is 2.23. The first kappa shape index (κ1) is 9.08. The van der Waals surface area contributed by atoms with E-state index in [4.69, 9.17) is 0 Å². The summed E-state index contributed by atoms with van der Waals surface area (Å²) in [6.45, 7) is 2.74. The minimum Gasteiger partial charge on any atom is -0.355 e. The third-order valence-electron chi connectivity index (χ3n) is 1.89. The van der Waals surface area contributed by atoms with E-state index in [0.29, 0.717) is 6.54 Å². The topological polar surface area (TPSA) is 50.7 Å². The van der Waals surface area contributed by atoms with E-state index in [2.05, 4.69) is 19.7 Å². The van der Waals surface area contributed by atoms with Crippen molar-refractivity contribution in [3.8, 4) is 0 Å². The highest BCUT2D eigenvalue weighted by Crippen LogP contribution is 2.10. The summed E-state index contributed by atoms with van der Waals surface area (Å²) >= 11 is 1.35. The maximum Gasteiger partial charge on any atom is 0.202 e. The van der Waals surface area contributed by atoms with Gasteiger partial charge in [0.1, 0.15) is 6.33 Å². The fourth-order valence-corrected chi connectivity index (χ4v) is 1.54. The van der Waals surface area contributed by atoms with Crippen LogP contribution in [-0.4, -0.2) is 14.3 Å². The van der Waals surface area contributed by atoms with Crippen molar-refractivity contribution in [1.29, 1.82) is 0 Å². The summed E-state index contributed by atoms with van der Waals surface area (Å²) in [5.74, 6) is 0. The van der Waals surface area contributed by atoms with Gasteiger partial charge >= 0.3 is 0 Å². The largest absolute Gasteiger partial charge is 0.355 e.